The third kappa shape index (κ3) is 5.56. The first-order valence-electron chi connectivity index (χ1n) is 6.05. The number of urea groups is 1. The number of carbonyl (C=O) groups excluding carboxylic acids is 2. The van der Waals surface area contributed by atoms with Crippen LogP contribution in [0.5, 0.6) is 0 Å². The van der Waals surface area contributed by atoms with Crippen LogP contribution >= 0.6 is 0 Å². The minimum absolute atomic E-state index is 0.0349. The van der Waals surface area contributed by atoms with Crippen molar-refractivity contribution in [3.8, 4) is 0 Å². The second-order valence-electron chi connectivity index (χ2n) is 4.30. The van der Waals surface area contributed by atoms with Gasteiger partial charge in [-0.25, -0.2) is 4.79 Å². The van der Waals surface area contributed by atoms with E-state index in [4.69, 9.17) is 9.84 Å². The summed E-state index contributed by atoms with van der Waals surface area (Å²) in [6.45, 7) is 0.458. The Morgan fingerprint density at radius 1 is 1.58 bits per heavy atom. The Labute approximate surface area is 111 Å². The van der Waals surface area contributed by atoms with Gasteiger partial charge in [0, 0.05) is 32.7 Å². The van der Waals surface area contributed by atoms with Crippen molar-refractivity contribution in [2.24, 2.45) is 0 Å². The highest BCUT2D eigenvalue weighted by molar-refractivity contribution is 5.81. The lowest BCUT2D eigenvalue weighted by Crippen LogP contribution is -2.53. The molecule has 1 aliphatic rings. The molecule has 0 aromatic rings. The van der Waals surface area contributed by atoms with Crippen molar-refractivity contribution >= 4 is 17.9 Å². The number of carboxylic acid groups (broad SMARTS) is 1. The summed E-state index contributed by atoms with van der Waals surface area (Å²) >= 11 is 0. The van der Waals surface area contributed by atoms with E-state index in [0.717, 1.165) is 0 Å². The van der Waals surface area contributed by atoms with Gasteiger partial charge in [-0.05, 0) is 6.42 Å². The van der Waals surface area contributed by atoms with Crippen LogP contribution in [0.15, 0.2) is 0 Å². The zero-order valence-electron chi connectivity index (χ0n) is 10.8. The number of hydrogen-bond acceptors (Lipinski definition) is 4. The van der Waals surface area contributed by atoms with E-state index in [-0.39, 0.29) is 31.6 Å². The lowest BCUT2D eigenvalue weighted by atomic mass is 10.1. The molecule has 1 fully saturated rings. The van der Waals surface area contributed by atoms with Gasteiger partial charge < -0.3 is 25.4 Å². The van der Waals surface area contributed by atoms with Gasteiger partial charge in [0.05, 0.1) is 6.61 Å². The smallest absolute Gasteiger partial charge is 0.323 e. The minimum atomic E-state index is -1.08. The highest BCUT2D eigenvalue weighted by atomic mass is 16.5. The van der Waals surface area contributed by atoms with E-state index in [0.29, 0.717) is 19.4 Å². The number of hydrogen-bond donors (Lipinski definition) is 3. The molecule has 0 spiro atoms. The number of carbonyl (C=O) groups is 3. The fourth-order valence-electron chi connectivity index (χ4n) is 1.74. The number of ether oxygens (including phenoxy) is 1. The summed E-state index contributed by atoms with van der Waals surface area (Å²) < 4.78 is 4.84. The maximum Gasteiger partial charge on any atom is 0.323 e. The molecule has 1 unspecified atom stereocenters. The Bertz CT molecular complexity index is 337. The molecule has 19 heavy (non-hydrogen) atoms. The van der Waals surface area contributed by atoms with Gasteiger partial charge in [-0.15, -0.1) is 0 Å². The van der Waals surface area contributed by atoms with E-state index in [9.17, 15) is 14.4 Å². The van der Waals surface area contributed by atoms with Crippen molar-refractivity contribution in [2.75, 3.05) is 33.4 Å². The molecule has 8 nitrogen and oxygen atoms in total. The lowest BCUT2D eigenvalue weighted by molar-refractivity contribution is -0.137. The maximum absolute atomic E-state index is 11.9. The van der Waals surface area contributed by atoms with Gasteiger partial charge in [-0.1, -0.05) is 0 Å². The van der Waals surface area contributed by atoms with Crippen LogP contribution in [0.4, 0.5) is 4.79 Å². The van der Waals surface area contributed by atoms with Gasteiger partial charge in [0.25, 0.3) is 0 Å². The Morgan fingerprint density at radius 2 is 2.32 bits per heavy atom. The quantitative estimate of drug-likeness (QED) is 0.576. The molecule has 1 atom stereocenters. The van der Waals surface area contributed by atoms with Crippen molar-refractivity contribution in [2.45, 2.75) is 18.9 Å². The average molecular weight is 273 g/mol. The van der Waals surface area contributed by atoms with Gasteiger partial charge in [-0.2, -0.15) is 0 Å². The fourth-order valence-corrected chi connectivity index (χ4v) is 1.74. The molecule has 1 rings (SSSR count). The van der Waals surface area contributed by atoms with E-state index in [1.165, 1.54) is 12.0 Å². The van der Waals surface area contributed by atoms with Crippen LogP contribution in [-0.4, -0.2) is 67.3 Å². The minimum Gasteiger partial charge on any atom is -0.480 e. The Hall–Kier alpha value is -1.83. The predicted octanol–water partition coefficient (Wildman–Crippen LogP) is -0.992. The molecular weight excluding hydrogens is 254 g/mol. The number of nitrogens with one attached hydrogen (secondary N) is 2. The zero-order valence-corrected chi connectivity index (χ0v) is 10.8. The van der Waals surface area contributed by atoms with Crippen molar-refractivity contribution in [3.63, 3.8) is 0 Å². The molecule has 108 valence electrons. The molecular formula is C11H19N3O5. The van der Waals surface area contributed by atoms with Gasteiger partial charge in [-0.3, -0.25) is 9.59 Å². The van der Waals surface area contributed by atoms with Crippen molar-refractivity contribution in [1.29, 1.82) is 0 Å². The number of piperidine rings is 1. The van der Waals surface area contributed by atoms with Crippen molar-refractivity contribution in [1.82, 2.24) is 15.5 Å². The van der Waals surface area contributed by atoms with E-state index < -0.39 is 12.0 Å². The summed E-state index contributed by atoms with van der Waals surface area (Å²) in [7, 11) is 1.48. The summed E-state index contributed by atoms with van der Waals surface area (Å²) in [5.41, 5.74) is 0. The lowest BCUT2D eigenvalue weighted by Gasteiger charge is -2.27. The Morgan fingerprint density at radius 3 is 2.84 bits per heavy atom. The predicted molar refractivity (Wildman–Crippen MR) is 65.6 cm³/mol. The van der Waals surface area contributed by atoms with Crippen LogP contribution in [0.3, 0.4) is 0 Å². The summed E-state index contributed by atoms with van der Waals surface area (Å²) in [6.07, 6.45) is 0.921. The van der Waals surface area contributed by atoms with E-state index in [1.54, 1.807) is 0 Å². The third-order valence-corrected chi connectivity index (χ3v) is 2.77. The molecule has 1 heterocycles. The molecule has 8 heteroatoms. The van der Waals surface area contributed by atoms with Crippen LogP contribution in [0.2, 0.25) is 0 Å². The van der Waals surface area contributed by atoms with Crippen LogP contribution < -0.4 is 10.6 Å². The Kier molecular flexibility index (Phi) is 6.07. The summed E-state index contributed by atoms with van der Waals surface area (Å²) in [5.74, 6) is -1.12. The summed E-state index contributed by atoms with van der Waals surface area (Å²) in [6, 6.07) is -0.621. The van der Waals surface area contributed by atoms with Crippen molar-refractivity contribution < 1.29 is 24.2 Å². The largest absolute Gasteiger partial charge is 0.480 e. The topological polar surface area (TPSA) is 108 Å². The SMILES string of the molecule is COCCN(CC(=O)O)C(=O)NC1CCC(=O)NC1. The summed E-state index contributed by atoms with van der Waals surface area (Å²) in [5, 5.41) is 14.1. The average Bonchev–Trinajstić information content (AvgIpc) is 2.36. The molecule has 0 aliphatic carbocycles. The normalized spacial score (nSPS) is 18.6. The molecule has 0 bridgehead atoms. The van der Waals surface area contributed by atoms with Gasteiger partial charge in [0.15, 0.2) is 0 Å². The molecule has 0 radical (unpaired) electrons. The van der Waals surface area contributed by atoms with Crippen LogP contribution in [0.25, 0.3) is 0 Å². The number of carboxylic acids is 1. The first-order valence-corrected chi connectivity index (χ1v) is 6.05. The maximum atomic E-state index is 11.9. The van der Waals surface area contributed by atoms with Crippen molar-refractivity contribution in [3.05, 3.63) is 0 Å². The summed E-state index contributed by atoms with van der Waals surface area (Å²) in [4.78, 5) is 34.8. The second kappa shape index (κ2) is 7.57. The number of rotatable bonds is 6. The molecule has 3 amide bonds. The standard InChI is InChI=1S/C11H19N3O5/c1-19-5-4-14(7-10(16)17)11(18)13-8-2-3-9(15)12-6-8/h8H,2-7H2,1H3,(H,12,15)(H,13,18)(H,16,17). The number of nitrogens with zero attached hydrogens (tertiary/aromatic N) is 1. The molecule has 0 aromatic carbocycles. The number of methoxy groups -OCH3 is 1. The first-order chi connectivity index (χ1) is 9.02. The van der Waals surface area contributed by atoms with Gasteiger partial charge >= 0.3 is 12.0 Å². The van der Waals surface area contributed by atoms with E-state index >= 15 is 0 Å². The van der Waals surface area contributed by atoms with Gasteiger partial charge in [0.2, 0.25) is 5.91 Å². The monoisotopic (exact) mass is 273 g/mol. The third-order valence-electron chi connectivity index (χ3n) is 2.77. The fraction of sp³-hybridized carbons (Fsp3) is 0.727. The second-order valence-corrected chi connectivity index (χ2v) is 4.30. The highest BCUT2D eigenvalue weighted by Crippen LogP contribution is 2.03. The number of aliphatic carboxylic acids is 1. The van der Waals surface area contributed by atoms with Crippen LogP contribution in [-0.2, 0) is 14.3 Å². The molecule has 0 aromatic heterocycles. The zero-order chi connectivity index (χ0) is 14.3. The molecule has 0 saturated carbocycles. The van der Waals surface area contributed by atoms with E-state index in [1.807, 2.05) is 0 Å². The van der Waals surface area contributed by atoms with E-state index in [2.05, 4.69) is 10.6 Å². The van der Waals surface area contributed by atoms with Crippen LogP contribution in [0, 0.1) is 0 Å². The molecule has 1 aliphatic heterocycles. The molecule has 3 N–H and O–H groups in total. The van der Waals surface area contributed by atoms with Gasteiger partial charge in [0.1, 0.15) is 6.54 Å². The van der Waals surface area contributed by atoms with Crippen LogP contribution in [0.1, 0.15) is 12.8 Å². The first kappa shape index (κ1) is 15.2. The Balaban J connectivity index is 2.45. The highest BCUT2D eigenvalue weighted by Gasteiger charge is 2.23. The number of amides is 3. The molecule has 1 saturated heterocycles.